The average molecular weight is 187 g/mol. The number of hydrogen-bond acceptors (Lipinski definition) is 4. The van der Waals surface area contributed by atoms with Crippen LogP contribution in [0.2, 0.25) is 5.28 Å². The van der Waals surface area contributed by atoms with E-state index in [0.717, 1.165) is 0 Å². The minimum Gasteiger partial charge on any atom is -0.469 e. The molecular weight excluding hydrogens is 180 g/mol. The molecule has 64 valence electrons. The molecule has 12 heavy (non-hydrogen) atoms. The number of esters is 1. The summed E-state index contributed by atoms with van der Waals surface area (Å²) in [7, 11) is 1.32. The summed E-state index contributed by atoms with van der Waals surface area (Å²) in [6.07, 6.45) is 1.62. The Hall–Kier alpha value is -1.16. The van der Waals surface area contributed by atoms with Crippen molar-refractivity contribution in [3.63, 3.8) is 0 Å². The van der Waals surface area contributed by atoms with Crippen LogP contribution in [0.4, 0.5) is 0 Å². The van der Waals surface area contributed by atoms with Gasteiger partial charge in [0.1, 0.15) is 0 Å². The summed E-state index contributed by atoms with van der Waals surface area (Å²) in [5, 5.41) is 0.136. The Morgan fingerprint density at radius 3 is 3.08 bits per heavy atom. The van der Waals surface area contributed by atoms with E-state index in [1.54, 1.807) is 6.07 Å². The Kier molecular flexibility index (Phi) is 2.99. The molecule has 0 aliphatic heterocycles. The smallest absolute Gasteiger partial charge is 0.311 e. The van der Waals surface area contributed by atoms with Gasteiger partial charge in [-0.2, -0.15) is 0 Å². The number of ether oxygens (including phenoxy) is 1. The molecule has 0 bridgehead atoms. The van der Waals surface area contributed by atoms with Crippen LogP contribution in [0.15, 0.2) is 12.3 Å². The van der Waals surface area contributed by atoms with Gasteiger partial charge in [0.05, 0.1) is 19.2 Å². The summed E-state index contributed by atoms with van der Waals surface area (Å²) in [6, 6.07) is 1.61. The molecule has 1 rings (SSSR count). The van der Waals surface area contributed by atoms with Crippen molar-refractivity contribution in [3.05, 3.63) is 23.2 Å². The predicted molar refractivity (Wildman–Crippen MR) is 42.8 cm³/mol. The van der Waals surface area contributed by atoms with E-state index in [1.165, 1.54) is 13.3 Å². The van der Waals surface area contributed by atoms with Gasteiger partial charge in [-0.3, -0.25) is 4.79 Å². The van der Waals surface area contributed by atoms with Gasteiger partial charge >= 0.3 is 5.97 Å². The van der Waals surface area contributed by atoms with Crippen LogP contribution >= 0.6 is 11.6 Å². The molecule has 0 amide bonds. The number of hydrogen-bond donors (Lipinski definition) is 0. The molecule has 0 atom stereocenters. The zero-order valence-electron chi connectivity index (χ0n) is 6.45. The molecule has 1 heterocycles. The molecule has 5 heteroatoms. The monoisotopic (exact) mass is 186 g/mol. The molecule has 0 aromatic carbocycles. The van der Waals surface area contributed by atoms with Gasteiger partial charge in [-0.1, -0.05) is 0 Å². The fraction of sp³-hybridized carbons (Fsp3) is 0.286. The van der Waals surface area contributed by atoms with Crippen LogP contribution in [0, 0.1) is 0 Å². The van der Waals surface area contributed by atoms with Gasteiger partial charge in [0, 0.05) is 6.20 Å². The first-order valence-corrected chi connectivity index (χ1v) is 3.64. The van der Waals surface area contributed by atoms with Crippen molar-refractivity contribution in [3.8, 4) is 0 Å². The molecule has 0 N–H and O–H groups in total. The molecule has 4 nitrogen and oxygen atoms in total. The first-order valence-electron chi connectivity index (χ1n) is 3.26. The van der Waals surface area contributed by atoms with Crippen molar-refractivity contribution < 1.29 is 9.53 Å². The summed E-state index contributed by atoms with van der Waals surface area (Å²) in [5.41, 5.74) is 0.557. The van der Waals surface area contributed by atoms with Crippen molar-refractivity contribution in [1.82, 2.24) is 9.97 Å². The van der Waals surface area contributed by atoms with E-state index in [9.17, 15) is 4.79 Å². The molecule has 0 unspecified atom stereocenters. The largest absolute Gasteiger partial charge is 0.469 e. The Labute approximate surface area is 74.5 Å². The summed E-state index contributed by atoms with van der Waals surface area (Å²) >= 11 is 5.50. The standard InChI is InChI=1S/C7H7ClN2O2/c1-12-6(11)4-5-2-3-9-7(8)10-5/h2-3H,4H2,1H3. The van der Waals surface area contributed by atoms with Crippen molar-refractivity contribution >= 4 is 17.6 Å². The van der Waals surface area contributed by atoms with Crippen LogP contribution in [0.3, 0.4) is 0 Å². The molecule has 0 aliphatic rings. The van der Waals surface area contributed by atoms with Gasteiger partial charge in [0.2, 0.25) is 5.28 Å². The van der Waals surface area contributed by atoms with Gasteiger partial charge in [-0.25, -0.2) is 9.97 Å². The van der Waals surface area contributed by atoms with E-state index >= 15 is 0 Å². The van der Waals surface area contributed by atoms with E-state index in [-0.39, 0.29) is 17.7 Å². The van der Waals surface area contributed by atoms with Crippen molar-refractivity contribution in [2.45, 2.75) is 6.42 Å². The van der Waals surface area contributed by atoms with Crippen molar-refractivity contribution in [1.29, 1.82) is 0 Å². The molecule has 0 saturated heterocycles. The highest BCUT2D eigenvalue weighted by molar-refractivity contribution is 6.28. The first-order chi connectivity index (χ1) is 5.72. The van der Waals surface area contributed by atoms with Crippen molar-refractivity contribution in [2.75, 3.05) is 7.11 Å². The second-order valence-corrected chi connectivity index (χ2v) is 2.41. The van der Waals surface area contributed by atoms with E-state index in [4.69, 9.17) is 11.6 Å². The lowest BCUT2D eigenvalue weighted by atomic mass is 10.3. The van der Waals surface area contributed by atoms with Gasteiger partial charge in [-0.15, -0.1) is 0 Å². The average Bonchev–Trinajstić information content (AvgIpc) is 2.04. The highest BCUT2D eigenvalue weighted by Gasteiger charge is 2.03. The first kappa shape index (κ1) is 8.93. The maximum atomic E-state index is 10.8. The highest BCUT2D eigenvalue weighted by Crippen LogP contribution is 2.01. The van der Waals surface area contributed by atoms with E-state index in [2.05, 4.69) is 14.7 Å². The maximum absolute atomic E-state index is 10.8. The Bertz CT molecular complexity index is 290. The number of carbonyl (C=O) groups excluding carboxylic acids is 1. The van der Waals surface area contributed by atoms with Crippen LogP contribution in [0.1, 0.15) is 5.69 Å². The number of aromatic nitrogens is 2. The number of carbonyl (C=O) groups is 1. The van der Waals surface area contributed by atoms with E-state index in [0.29, 0.717) is 5.69 Å². The van der Waals surface area contributed by atoms with Gasteiger partial charge in [-0.05, 0) is 17.7 Å². The fourth-order valence-corrected chi connectivity index (χ4v) is 0.853. The summed E-state index contributed by atoms with van der Waals surface area (Å²) in [6.45, 7) is 0. The summed E-state index contributed by atoms with van der Waals surface area (Å²) < 4.78 is 4.45. The van der Waals surface area contributed by atoms with Crippen LogP contribution in [0.5, 0.6) is 0 Å². The van der Waals surface area contributed by atoms with Gasteiger partial charge in [0.25, 0.3) is 0 Å². The molecule has 0 radical (unpaired) electrons. The van der Waals surface area contributed by atoms with Gasteiger partial charge in [0.15, 0.2) is 0 Å². The minimum absolute atomic E-state index is 0.124. The second kappa shape index (κ2) is 4.01. The SMILES string of the molecule is COC(=O)Cc1ccnc(Cl)n1. The molecule has 0 aliphatic carbocycles. The van der Waals surface area contributed by atoms with Crippen LogP contribution in [-0.4, -0.2) is 23.0 Å². The zero-order chi connectivity index (χ0) is 8.97. The van der Waals surface area contributed by atoms with Crippen LogP contribution in [-0.2, 0) is 16.0 Å². The lowest BCUT2D eigenvalue weighted by Gasteiger charge is -1.97. The maximum Gasteiger partial charge on any atom is 0.311 e. The lowest BCUT2D eigenvalue weighted by Crippen LogP contribution is -2.06. The third-order valence-electron chi connectivity index (χ3n) is 1.24. The number of halogens is 1. The third-order valence-corrected chi connectivity index (χ3v) is 1.42. The molecule has 1 aromatic heterocycles. The Morgan fingerprint density at radius 1 is 1.75 bits per heavy atom. The van der Waals surface area contributed by atoms with Gasteiger partial charge < -0.3 is 4.74 Å². The number of nitrogens with zero attached hydrogens (tertiary/aromatic N) is 2. The molecular formula is C7H7ClN2O2. The zero-order valence-corrected chi connectivity index (χ0v) is 7.21. The normalized spacial score (nSPS) is 9.50. The van der Waals surface area contributed by atoms with Crippen LogP contribution in [0.25, 0.3) is 0 Å². The second-order valence-electron chi connectivity index (χ2n) is 2.07. The molecule has 0 spiro atoms. The van der Waals surface area contributed by atoms with Crippen LogP contribution < -0.4 is 0 Å². The van der Waals surface area contributed by atoms with Crippen molar-refractivity contribution in [2.24, 2.45) is 0 Å². The van der Waals surface area contributed by atoms with E-state index in [1.807, 2.05) is 0 Å². The summed E-state index contributed by atoms with van der Waals surface area (Å²) in [5.74, 6) is -0.343. The minimum atomic E-state index is -0.343. The third kappa shape index (κ3) is 2.47. The fourth-order valence-electron chi connectivity index (χ4n) is 0.688. The molecule has 1 aromatic rings. The van der Waals surface area contributed by atoms with E-state index < -0.39 is 0 Å². The highest BCUT2D eigenvalue weighted by atomic mass is 35.5. The quantitative estimate of drug-likeness (QED) is 0.508. The number of rotatable bonds is 2. The number of methoxy groups -OCH3 is 1. The molecule has 0 fully saturated rings. The predicted octanol–water partition coefficient (Wildman–Crippen LogP) is 0.845. The topological polar surface area (TPSA) is 52.1 Å². The Morgan fingerprint density at radius 2 is 2.50 bits per heavy atom. The Balaban J connectivity index is 2.69. The molecule has 0 saturated carbocycles. The summed E-state index contributed by atoms with van der Waals surface area (Å²) in [4.78, 5) is 18.3. The lowest BCUT2D eigenvalue weighted by molar-refractivity contribution is -0.139.